The van der Waals surface area contributed by atoms with Crippen LogP contribution in [0.1, 0.15) is 50.8 Å². The van der Waals surface area contributed by atoms with E-state index >= 15 is 0 Å². The highest BCUT2D eigenvalue weighted by Crippen LogP contribution is 2.51. The van der Waals surface area contributed by atoms with Crippen molar-refractivity contribution in [2.45, 2.75) is 39.7 Å². The maximum Gasteiger partial charge on any atom is 0.162 e. The monoisotopic (exact) mass is 398 g/mol. The zero-order chi connectivity index (χ0) is 20.9. The van der Waals surface area contributed by atoms with Crippen LogP contribution in [0.4, 0.5) is 5.69 Å². The van der Waals surface area contributed by atoms with Crippen molar-refractivity contribution in [3.05, 3.63) is 71.4 Å². The Balaban J connectivity index is 1.71. The molecule has 0 saturated carbocycles. The number of ether oxygens (including phenoxy) is 1. The van der Waals surface area contributed by atoms with Crippen LogP contribution in [0, 0.1) is 5.41 Å². The summed E-state index contributed by atoms with van der Waals surface area (Å²) in [7, 11) is 0. The first kappa shape index (κ1) is 18.9. The first-order valence-electron chi connectivity index (χ1n) is 10.6. The van der Waals surface area contributed by atoms with E-state index in [1.165, 1.54) is 5.57 Å². The van der Waals surface area contributed by atoms with E-state index in [-0.39, 0.29) is 17.2 Å². The first-order chi connectivity index (χ1) is 14.5. The number of allylic oxidation sites excluding steroid dienone is 1. The Morgan fingerprint density at radius 2 is 1.90 bits per heavy atom. The van der Waals surface area contributed by atoms with E-state index in [0.29, 0.717) is 13.0 Å². The third-order valence-electron chi connectivity index (χ3n) is 6.12. The Kier molecular flexibility index (Phi) is 4.39. The zero-order valence-electron chi connectivity index (χ0n) is 17.7. The highest BCUT2D eigenvalue weighted by Gasteiger charge is 2.40. The topological polar surface area (TPSA) is 51.2 Å². The Morgan fingerprint density at radius 1 is 1.10 bits per heavy atom. The molecular formula is C26H26N2O2. The predicted molar refractivity (Wildman–Crippen MR) is 121 cm³/mol. The van der Waals surface area contributed by atoms with E-state index in [2.05, 4.69) is 54.5 Å². The van der Waals surface area contributed by atoms with Gasteiger partial charge in [0.2, 0.25) is 0 Å². The molecule has 0 amide bonds. The molecule has 1 N–H and O–H groups in total. The Hall–Kier alpha value is -3.14. The minimum Gasteiger partial charge on any atom is -0.494 e. The highest BCUT2D eigenvalue weighted by atomic mass is 16.5. The fourth-order valence-corrected chi connectivity index (χ4v) is 4.89. The van der Waals surface area contributed by atoms with Gasteiger partial charge in [0, 0.05) is 34.8 Å². The summed E-state index contributed by atoms with van der Waals surface area (Å²) >= 11 is 0. The van der Waals surface area contributed by atoms with E-state index in [0.717, 1.165) is 45.5 Å². The normalized spacial score (nSPS) is 19.8. The van der Waals surface area contributed by atoms with Gasteiger partial charge in [-0.1, -0.05) is 32.0 Å². The van der Waals surface area contributed by atoms with E-state index in [1.54, 1.807) is 0 Å². The minimum atomic E-state index is -0.152. The van der Waals surface area contributed by atoms with E-state index < -0.39 is 0 Å². The molecule has 0 bridgehead atoms. The maximum absolute atomic E-state index is 13.4. The number of hydrogen-bond donors (Lipinski definition) is 1. The van der Waals surface area contributed by atoms with Gasteiger partial charge in [-0.05, 0) is 60.2 Å². The number of fused-ring (bicyclic) bond motifs is 4. The second-order valence-electron chi connectivity index (χ2n) is 8.97. The maximum atomic E-state index is 13.4. The van der Waals surface area contributed by atoms with Crippen LogP contribution in [0.15, 0.2) is 60.3 Å². The number of ketones is 1. The van der Waals surface area contributed by atoms with Crippen molar-refractivity contribution in [1.29, 1.82) is 0 Å². The van der Waals surface area contributed by atoms with Gasteiger partial charge >= 0.3 is 0 Å². The Labute approximate surface area is 177 Å². The van der Waals surface area contributed by atoms with E-state index in [1.807, 2.05) is 31.3 Å². The number of aromatic nitrogens is 1. The van der Waals surface area contributed by atoms with Gasteiger partial charge in [0.1, 0.15) is 5.75 Å². The molecule has 2 heterocycles. The van der Waals surface area contributed by atoms with Gasteiger partial charge in [-0.15, -0.1) is 0 Å². The van der Waals surface area contributed by atoms with E-state index in [4.69, 9.17) is 4.74 Å². The number of nitrogens with zero attached hydrogens (tertiary/aromatic N) is 1. The van der Waals surface area contributed by atoms with Crippen LogP contribution in [0.3, 0.4) is 0 Å². The number of anilines is 1. The molecule has 0 saturated heterocycles. The van der Waals surface area contributed by atoms with Crippen LogP contribution in [0.2, 0.25) is 0 Å². The number of carbonyl (C=O) groups is 1. The van der Waals surface area contributed by atoms with Crippen LogP contribution in [-0.4, -0.2) is 17.4 Å². The van der Waals surface area contributed by atoms with E-state index in [9.17, 15) is 4.79 Å². The molecule has 1 unspecified atom stereocenters. The molecule has 1 atom stereocenters. The Bertz CT molecular complexity index is 1180. The largest absolute Gasteiger partial charge is 0.494 e. The summed E-state index contributed by atoms with van der Waals surface area (Å²) in [5, 5.41) is 4.77. The molecule has 1 aromatic heterocycles. The average Bonchev–Trinajstić information content (AvgIpc) is 2.72. The molecule has 152 valence electrons. The molecule has 2 aliphatic rings. The van der Waals surface area contributed by atoms with Crippen LogP contribution in [0.25, 0.3) is 16.5 Å². The second-order valence-corrected chi connectivity index (χ2v) is 8.97. The fourth-order valence-electron chi connectivity index (χ4n) is 4.89. The standard InChI is InChI=1S/C26H26N2O2/c1-4-30-17-9-7-16(8-10-17)25-24-19(14-26(2,3)15-22(24)29)23-18-6-5-13-27-20(18)11-12-21(23)28-25/h5-13,25,28H,4,14-15H2,1-3H3. The molecule has 0 spiro atoms. The number of rotatable bonds is 3. The van der Waals surface area contributed by atoms with Crippen LogP contribution in [0.5, 0.6) is 5.75 Å². The number of carbonyl (C=O) groups excluding carboxylic acids is 1. The number of benzene rings is 2. The number of hydrogen-bond acceptors (Lipinski definition) is 4. The molecule has 1 aliphatic carbocycles. The van der Waals surface area contributed by atoms with Crippen LogP contribution in [-0.2, 0) is 4.79 Å². The summed E-state index contributed by atoms with van der Waals surface area (Å²) in [5.41, 5.74) is 6.26. The molecule has 2 aromatic carbocycles. The predicted octanol–water partition coefficient (Wildman–Crippen LogP) is 5.94. The van der Waals surface area contributed by atoms with Crippen LogP contribution < -0.4 is 10.1 Å². The summed E-state index contributed by atoms with van der Waals surface area (Å²) in [6, 6.07) is 16.2. The molecule has 5 rings (SSSR count). The van der Waals surface area contributed by atoms with Gasteiger partial charge < -0.3 is 10.1 Å². The lowest BCUT2D eigenvalue weighted by Gasteiger charge is -2.40. The molecule has 3 aromatic rings. The quantitative estimate of drug-likeness (QED) is 0.593. The minimum absolute atomic E-state index is 0.0573. The molecule has 1 aliphatic heterocycles. The fraction of sp³-hybridized carbons (Fsp3) is 0.308. The zero-order valence-corrected chi connectivity index (χ0v) is 17.7. The van der Waals surface area contributed by atoms with Gasteiger partial charge in [-0.3, -0.25) is 9.78 Å². The number of Topliss-reactive ketones (excluding diaryl/α,β-unsaturated/α-hetero) is 1. The molecule has 30 heavy (non-hydrogen) atoms. The lowest BCUT2D eigenvalue weighted by atomic mass is 9.68. The third kappa shape index (κ3) is 3.07. The Morgan fingerprint density at radius 3 is 2.67 bits per heavy atom. The highest BCUT2D eigenvalue weighted by molar-refractivity contribution is 6.12. The first-order valence-corrected chi connectivity index (χ1v) is 10.6. The summed E-state index contributed by atoms with van der Waals surface area (Å²) in [6.45, 7) is 6.99. The van der Waals surface area contributed by atoms with Crippen molar-refractivity contribution in [3.8, 4) is 5.75 Å². The third-order valence-corrected chi connectivity index (χ3v) is 6.12. The van der Waals surface area contributed by atoms with Gasteiger partial charge in [0.15, 0.2) is 5.78 Å². The summed E-state index contributed by atoms with van der Waals surface area (Å²) in [5.74, 6) is 1.08. The lowest BCUT2D eigenvalue weighted by Crippen LogP contribution is -2.33. The summed E-state index contributed by atoms with van der Waals surface area (Å²) in [6.07, 6.45) is 3.27. The number of pyridine rings is 1. The average molecular weight is 399 g/mol. The lowest BCUT2D eigenvalue weighted by molar-refractivity contribution is -0.118. The van der Waals surface area contributed by atoms with Gasteiger partial charge in [0.05, 0.1) is 18.2 Å². The smallest absolute Gasteiger partial charge is 0.162 e. The molecular weight excluding hydrogens is 372 g/mol. The summed E-state index contributed by atoms with van der Waals surface area (Å²) in [4.78, 5) is 17.9. The molecule has 4 heteroatoms. The second kappa shape index (κ2) is 6.98. The SMILES string of the molecule is CCOc1ccc(C2Nc3ccc4ncccc4c3C3=C2C(=O)CC(C)(C)C3)cc1. The van der Waals surface area contributed by atoms with Crippen LogP contribution >= 0.6 is 0 Å². The van der Waals surface area contributed by atoms with Gasteiger partial charge in [0.25, 0.3) is 0 Å². The summed E-state index contributed by atoms with van der Waals surface area (Å²) < 4.78 is 5.60. The molecule has 0 radical (unpaired) electrons. The van der Waals surface area contributed by atoms with Crippen molar-refractivity contribution < 1.29 is 9.53 Å². The van der Waals surface area contributed by atoms with Crippen molar-refractivity contribution in [1.82, 2.24) is 4.98 Å². The van der Waals surface area contributed by atoms with Crippen molar-refractivity contribution in [2.75, 3.05) is 11.9 Å². The van der Waals surface area contributed by atoms with Crippen molar-refractivity contribution >= 4 is 27.9 Å². The van der Waals surface area contributed by atoms with Crippen molar-refractivity contribution in [2.24, 2.45) is 5.41 Å². The number of nitrogens with one attached hydrogen (secondary N) is 1. The van der Waals surface area contributed by atoms with Gasteiger partial charge in [-0.2, -0.15) is 0 Å². The molecule has 0 fully saturated rings. The van der Waals surface area contributed by atoms with Crippen molar-refractivity contribution in [3.63, 3.8) is 0 Å². The molecule has 4 nitrogen and oxygen atoms in total. The van der Waals surface area contributed by atoms with Gasteiger partial charge in [-0.25, -0.2) is 0 Å².